The van der Waals surface area contributed by atoms with Gasteiger partial charge in [0, 0.05) is 4.90 Å². The summed E-state index contributed by atoms with van der Waals surface area (Å²) in [6.45, 7) is 0. The Morgan fingerprint density at radius 2 is 1.93 bits per heavy atom. The number of amides is 2. The van der Waals surface area contributed by atoms with Crippen molar-refractivity contribution in [3.8, 4) is 0 Å². The van der Waals surface area contributed by atoms with E-state index in [4.69, 9.17) is 5.73 Å². The SMILES string of the molecule is NC(=O)SCC(=O)NSc1ccccc1. The number of hydrogen-bond acceptors (Lipinski definition) is 4. The molecule has 0 fully saturated rings. The summed E-state index contributed by atoms with van der Waals surface area (Å²) in [4.78, 5) is 22.5. The van der Waals surface area contributed by atoms with Crippen molar-refractivity contribution in [1.82, 2.24) is 4.72 Å². The first-order valence-electron chi connectivity index (χ1n) is 4.11. The summed E-state index contributed by atoms with van der Waals surface area (Å²) in [7, 11) is 0. The van der Waals surface area contributed by atoms with Gasteiger partial charge in [-0.1, -0.05) is 30.0 Å². The first kappa shape index (κ1) is 11.9. The van der Waals surface area contributed by atoms with Crippen molar-refractivity contribution >= 4 is 34.9 Å². The van der Waals surface area contributed by atoms with Crippen molar-refractivity contribution < 1.29 is 9.59 Å². The molecule has 0 aromatic heterocycles. The Bertz CT molecular complexity index is 343. The Morgan fingerprint density at radius 3 is 2.53 bits per heavy atom. The number of thioether (sulfide) groups is 1. The summed E-state index contributed by atoms with van der Waals surface area (Å²) >= 11 is 2.00. The maximum absolute atomic E-state index is 11.2. The van der Waals surface area contributed by atoms with Crippen LogP contribution in [0.2, 0.25) is 0 Å². The molecule has 15 heavy (non-hydrogen) atoms. The van der Waals surface area contributed by atoms with E-state index in [1.54, 1.807) is 0 Å². The summed E-state index contributed by atoms with van der Waals surface area (Å²) in [5.74, 6) is -0.178. The lowest BCUT2D eigenvalue weighted by Crippen LogP contribution is -2.19. The van der Waals surface area contributed by atoms with Crippen molar-refractivity contribution in [2.24, 2.45) is 5.73 Å². The fourth-order valence-corrected chi connectivity index (χ4v) is 1.80. The lowest BCUT2D eigenvalue weighted by atomic mass is 10.4. The van der Waals surface area contributed by atoms with Crippen LogP contribution in [0.4, 0.5) is 4.79 Å². The number of hydrogen-bond donors (Lipinski definition) is 2. The molecule has 80 valence electrons. The third-order valence-corrected chi connectivity index (χ3v) is 2.90. The first-order chi connectivity index (χ1) is 7.18. The molecule has 0 spiro atoms. The molecule has 1 aromatic rings. The van der Waals surface area contributed by atoms with Gasteiger partial charge in [-0.2, -0.15) is 0 Å². The highest BCUT2D eigenvalue weighted by atomic mass is 32.2. The van der Waals surface area contributed by atoms with E-state index in [1.165, 1.54) is 11.9 Å². The minimum absolute atomic E-state index is 0.0508. The van der Waals surface area contributed by atoms with E-state index >= 15 is 0 Å². The van der Waals surface area contributed by atoms with Gasteiger partial charge in [0.05, 0.1) is 5.75 Å². The van der Waals surface area contributed by atoms with Gasteiger partial charge in [0.1, 0.15) is 0 Å². The van der Waals surface area contributed by atoms with Gasteiger partial charge in [-0.05, 0) is 24.1 Å². The van der Waals surface area contributed by atoms with Gasteiger partial charge in [-0.15, -0.1) is 0 Å². The van der Waals surface area contributed by atoms with Gasteiger partial charge in [-0.3, -0.25) is 14.3 Å². The molecule has 1 aromatic carbocycles. The fraction of sp³-hybridized carbons (Fsp3) is 0.111. The smallest absolute Gasteiger partial charge is 0.276 e. The van der Waals surface area contributed by atoms with Crippen molar-refractivity contribution in [3.63, 3.8) is 0 Å². The van der Waals surface area contributed by atoms with Crippen molar-refractivity contribution in [1.29, 1.82) is 0 Å². The zero-order valence-electron chi connectivity index (χ0n) is 7.80. The molecule has 1 rings (SSSR count). The van der Waals surface area contributed by atoms with Crippen LogP contribution in [0.15, 0.2) is 35.2 Å². The average Bonchev–Trinajstić information content (AvgIpc) is 2.25. The molecule has 0 unspecified atom stereocenters. The zero-order valence-corrected chi connectivity index (χ0v) is 9.44. The van der Waals surface area contributed by atoms with Crippen LogP contribution in [0.1, 0.15) is 0 Å². The second kappa shape index (κ2) is 6.36. The topological polar surface area (TPSA) is 72.2 Å². The third-order valence-electron chi connectivity index (χ3n) is 1.37. The summed E-state index contributed by atoms with van der Waals surface area (Å²) in [5.41, 5.74) is 4.89. The Kier molecular flexibility index (Phi) is 5.06. The minimum atomic E-state index is -0.546. The standard InChI is InChI=1S/C9H10N2O2S2/c10-9(13)14-6-8(12)11-15-7-4-2-1-3-5-7/h1-5H,6H2,(H2,10,13)(H,11,12). The molecule has 2 amide bonds. The molecule has 0 heterocycles. The number of carbonyl (C=O) groups excluding carboxylic acids is 2. The zero-order chi connectivity index (χ0) is 11.1. The van der Waals surface area contributed by atoms with Gasteiger partial charge in [0.15, 0.2) is 0 Å². The molecule has 0 aliphatic heterocycles. The van der Waals surface area contributed by atoms with Crippen LogP contribution in [0.25, 0.3) is 0 Å². The van der Waals surface area contributed by atoms with Crippen LogP contribution >= 0.6 is 23.7 Å². The highest BCUT2D eigenvalue weighted by molar-refractivity contribution is 8.14. The highest BCUT2D eigenvalue weighted by Gasteiger charge is 2.04. The highest BCUT2D eigenvalue weighted by Crippen LogP contribution is 2.13. The van der Waals surface area contributed by atoms with E-state index in [1.807, 2.05) is 30.3 Å². The predicted octanol–water partition coefficient (Wildman–Crippen LogP) is 1.62. The van der Waals surface area contributed by atoms with Gasteiger partial charge < -0.3 is 5.73 Å². The summed E-state index contributed by atoms with van der Waals surface area (Å²) in [6, 6.07) is 9.42. The molecular formula is C9H10N2O2S2. The average molecular weight is 242 g/mol. The van der Waals surface area contributed by atoms with E-state index in [9.17, 15) is 9.59 Å². The van der Waals surface area contributed by atoms with Crippen LogP contribution in [0.5, 0.6) is 0 Å². The van der Waals surface area contributed by atoms with E-state index in [-0.39, 0.29) is 11.7 Å². The molecule has 0 saturated heterocycles. The minimum Gasteiger partial charge on any atom is -0.361 e. The molecule has 0 atom stereocenters. The summed E-state index contributed by atoms with van der Waals surface area (Å²) in [5, 5.41) is -0.546. The quantitative estimate of drug-likeness (QED) is 0.787. The Morgan fingerprint density at radius 1 is 1.27 bits per heavy atom. The van der Waals surface area contributed by atoms with E-state index in [0.717, 1.165) is 16.7 Å². The van der Waals surface area contributed by atoms with Crippen molar-refractivity contribution in [2.75, 3.05) is 5.75 Å². The van der Waals surface area contributed by atoms with E-state index < -0.39 is 5.24 Å². The first-order valence-corrected chi connectivity index (χ1v) is 5.91. The fourth-order valence-electron chi connectivity index (χ4n) is 0.771. The number of carbonyl (C=O) groups is 2. The molecule has 0 saturated carbocycles. The van der Waals surface area contributed by atoms with Crippen molar-refractivity contribution in [2.45, 2.75) is 4.90 Å². The third kappa shape index (κ3) is 5.34. The Balaban J connectivity index is 2.26. The number of benzene rings is 1. The number of primary amides is 1. The molecular weight excluding hydrogens is 232 g/mol. The molecule has 0 bridgehead atoms. The second-order valence-electron chi connectivity index (χ2n) is 2.55. The van der Waals surface area contributed by atoms with E-state index in [2.05, 4.69) is 4.72 Å². The normalized spacial score (nSPS) is 9.60. The number of nitrogens with two attached hydrogens (primary N) is 1. The maximum atomic E-state index is 11.2. The number of rotatable bonds is 4. The summed E-state index contributed by atoms with van der Waals surface area (Å²) < 4.78 is 2.60. The van der Waals surface area contributed by atoms with Crippen LogP contribution in [0.3, 0.4) is 0 Å². The van der Waals surface area contributed by atoms with Crippen LogP contribution < -0.4 is 10.5 Å². The van der Waals surface area contributed by atoms with Crippen LogP contribution in [-0.4, -0.2) is 16.9 Å². The molecule has 4 nitrogen and oxygen atoms in total. The monoisotopic (exact) mass is 242 g/mol. The van der Waals surface area contributed by atoms with Crippen molar-refractivity contribution in [3.05, 3.63) is 30.3 Å². The van der Waals surface area contributed by atoms with Gasteiger partial charge in [0.2, 0.25) is 5.91 Å². The molecule has 0 radical (unpaired) electrons. The molecule has 0 aliphatic rings. The maximum Gasteiger partial charge on any atom is 0.276 e. The van der Waals surface area contributed by atoms with Crippen LogP contribution in [-0.2, 0) is 4.79 Å². The molecule has 3 N–H and O–H groups in total. The summed E-state index contributed by atoms with van der Waals surface area (Å²) in [6.07, 6.45) is 0. The van der Waals surface area contributed by atoms with E-state index in [0.29, 0.717) is 0 Å². The van der Waals surface area contributed by atoms with Crippen LogP contribution in [0, 0.1) is 0 Å². The number of nitrogens with one attached hydrogen (secondary N) is 1. The predicted molar refractivity (Wildman–Crippen MR) is 62.5 cm³/mol. The van der Waals surface area contributed by atoms with Gasteiger partial charge >= 0.3 is 0 Å². The van der Waals surface area contributed by atoms with Gasteiger partial charge in [-0.25, -0.2) is 0 Å². The molecule has 6 heteroatoms. The molecule has 0 aliphatic carbocycles. The second-order valence-corrected chi connectivity index (χ2v) is 4.41. The Labute approximate surface area is 96.1 Å². The van der Waals surface area contributed by atoms with Gasteiger partial charge in [0.25, 0.3) is 5.24 Å². The largest absolute Gasteiger partial charge is 0.361 e. The lowest BCUT2D eigenvalue weighted by molar-refractivity contribution is -0.116. The Hall–Kier alpha value is -1.14. The lowest BCUT2D eigenvalue weighted by Gasteiger charge is -2.02.